The lowest BCUT2D eigenvalue weighted by Gasteiger charge is -2.12. The van der Waals surface area contributed by atoms with E-state index >= 15 is 0 Å². The zero-order valence-corrected chi connectivity index (χ0v) is 9.09. The maximum Gasteiger partial charge on any atom is 0.0376 e. The highest BCUT2D eigenvalue weighted by atomic mass is 14.9. The third kappa shape index (κ3) is 1.50. The molecule has 0 amide bonds. The molecule has 76 valence electrons. The van der Waals surface area contributed by atoms with Gasteiger partial charge in [0.2, 0.25) is 0 Å². The first-order valence-electron chi connectivity index (χ1n) is 5.27. The van der Waals surface area contributed by atoms with Crippen molar-refractivity contribution in [2.45, 2.75) is 25.8 Å². The van der Waals surface area contributed by atoms with E-state index in [9.17, 15) is 0 Å². The van der Waals surface area contributed by atoms with Gasteiger partial charge in [0, 0.05) is 24.2 Å². The molecule has 0 spiro atoms. The van der Waals surface area contributed by atoms with E-state index in [1.807, 2.05) is 7.05 Å². The minimum absolute atomic E-state index is 0.438. The van der Waals surface area contributed by atoms with Gasteiger partial charge in [-0.05, 0) is 31.2 Å². The van der Waals surface area contributed by atoms with Crippen LogP contribution in [0.4, 0.5) is 5.69 Å². The van der Waals surface area contributed by atoms with Crippen LogP contribution >= 0.6 is 0 Å². The Morgan fingerprint density at radius 2 is 2.29 bits per heavy atom. The van der Waals surface area contributed by atoms with Crippen molar-refractivity contribution in [3.05, 3.63) is 29.3 Å². The summed E-state index contributed by atoms with van der Waals surface area (Å²) >= 11 is 0. The third-order valence-corrected chi connectivity index (χ3v) is 3.14. The van der Waals surface area contributed by atoms with Crippen molar-refractivity contribution in [3.63, 3.8) is 0 Å². The molecule has 1 aromatic rings. The lowest BCUT2D eigenvalue weighted by atomic mass is 9.98. The van der Waals surface area contributed by atoms with Gasteiger partial charge in [-0.3, -0.25) is 0 Å². The second kappa shape index (κ2) is 3.62. The fraction of sp³-hybridized carbons (Fsp3) is 0.500. The van der Waals surface area contributed by atoms with Gasteiger partial charge in [0.25, 0.3) is 0 Å². The molecule has 1 aliphatic rings. The Balaban J connectivity index is 2.34. The van der Waals surface area contributed by atoms with E-state index < -0.39 is 0 Å². The summed E-state index contributed by atoms with van der Waals surface area (Å²) < 4.78 is 0. The summed E-state index contributed by atoms with van der Waals surface area (Å²) in [6.45, 7) is 5.54. The predicted octanol–water partition coefficient (Wildman–Crippen LogP) is 2.50. The van der Waals surface area contributed by atoms with Crippen molar-refractivity contribution in [1.29, 1.82) is 0 Å². The third-order valence-electron chi connectivity index (χ3n) is 3.14. The average molecular weight is 190 g/mol. The number of anilines is 1. The minimum atomic E-state index is 0.438. The lowest BCUT2D eigenvalue weighted by Crippen LogP contribution is -2.12. The summed E-state index contributed by atoms with van der Waals surface area (Å²) in [4.78, 5) is 0. The van der Waals surface area contributed by atoms with Gasteiger partial charge in [0.05, 0.1) is 0 Å². The molecule has 0 saturated carbocycles. The second-order valence-electron chi connectivity index (χ2n) is 4.14. The highest BCUT2D eigenvalue weighted by Crippen LogP contribution is 2.32. The average Bonchev–Trinajstić information content (AvgIpc) is 2.59. The van der Waals surface area contributed by atoms with Crippen molar-refractivity contribution in [2.24, 2.45) is 0 Å². The van der Waals surface area contributed by atoms with Crippen LogP contribution in [-0.2, 0) is 0 Å². The monoisotopic (exact) mass is 190 g/mol. The van der Waals surface area contributed by atoms with Crippen LogP contribution in [0.5, 0.6) is 0 Å². The van der Waals surface area contributed by atoms with Crippen molar-refractivity contribution in [3.8, 4) is 0 Å². The summed E-state index contributed by atoms with van der Waals surface area (Å²) in [5.41, 5.74) is 4.15. The topological polar surface area (TPSA) is 24.1 Å². The maximum atomic E-state index is 3.41. The Kier molecular flexibility index (Phi) is 2.46. The molecule has 14 heavy (non-hydrogen) atoms. The normalized spacial score (nSPS) is 21.5. The number of hydrogen-bond donors (Lipinski definition) is 2. The van der Waals surface area contributed by atoms with Gasteiger partial charge in [-0.25, -0.2) is 0 Å². The van der Waals surface area contributed by atoms with Crippen LogP contribution in [0.2, 0.25) is 0 Å². The lowest BCUT2D eigenvalue weighted by molar-refractivity contribution is 0.651. The summed E-state index contributed by atoms with van der Waals surface area (Å²) in [6, 6.07) is 7.15. The predicted molar refractivity (Wildman–Crippen MR) is 60.8 cm³/mol. The summed E-state index contributed by atoms with van der Waals surface area (Å²) in [7, 11) is 2.00. The van der Waals surface area contributed by atoms with Gasteiger partial charge in [0.1, 0.15) is 0 Å². The standard InChI is InChI=1S/C12H18N2/c1-8-7-14-12-5-4-10(6-11(8)12)9(2)13-3/h4-6,8-9,13-14H,7H2,1-3H3. The molecule has 0 radical (unpaired) electrons. The quantitative estimate of drug-likeness (QED) is 0.748. The van der Waals surface area contributed by atoms with Gasteiger partial charge in [-0.1, -0.05) is 19.1 Å². The molecule has 2 atom stereocenters. The summed E-state index contributed by atoms with van der Waals surface area (Å²) in [6.07, 6.45) is 0. The Labute approximate surface area is 85.7 Å². The SMILES string of the molecule is CNC(C)c1ccc2c(c1)C(C)CN2. The Morgan fingerprint density at radius 3 is 3.00 bits per heavy atom. The Hall–Kier alpha value is -1.02. The molecule has 2 N–H and O–H groups in total. The largest absolute Gasteiger partial charge is 0.384 e. The van der Waals surface area contributed by atoms with Crippen LogP contribution in [0, 0.1) is 0 Å². The summed E-state index contributed by atoms with van der Waals surface area (Å²) in [5, 5.41) is 6.68. The van der Waals surface area contributed by atoms with Crippen LogP contribution in [0.3, 0.4) is 0 Å². The molecular formula is C12H18N2. The zero-order chi connectivity index (χ0) is 10.1. The first-order chi connectivity index (χ1) is 6.72. The van der Waals surface area contributed by atoms with E-state index in [4.69, 9.17) is 0 Å². The molecule has 0 bridgehead atoms. The summed E-state index contributed by atoms with van der Waals surface area (Å²) in [5.74, 6) is 0.647. The minimum Gasteiger partial charge on any atom is -0.384 e. The van der Waals surface area contributed by atoms with Crippen molar-refractivity contribution < 1.29 is 0 Å². The first-order valence-corrected chi connectivity index (χ1v) is 5.27. The number of rotatable bonds is 2. The molecule has 1 heterocycles. The van der Waals surface area contributed by atoms with Gasteiger partial charge in [0.15, 0.2) is 0 Å². The second-order valence-corrected chi connectivity index (χ2v) is 4.14. The highest BCUT2D eigenvalue weighted by Gasteiger charge is 2.18. The van der Waals surface area contributed by atoms with Gasteiger partial charge in [-0.2, -0.15) is 0 Å². The molecule has 0 aliphatic carbocycles. The molecule has 2 rings (SSSR count). The van der Waals surface area contributed by atoms with E-state index in [1.54, 1.807) is 0 Å². The smallest absolute Gasteiger partial charge is 0.0376 e. The molecule has 0 aromatic heterocycles. The van der Waals surface area contributed by atoms with E-state index in [2.05, 4.69) is 42.7 Å². The van der Waals surface area contributed by atoms with Crippen LogP contribution in [0.15, 0.2) is 18.2 Å². The molecule has 0 saturated heterocycles. The Bertz CT molecular complexity index is 333. The number of benzene rings is 1. The molecule has 1 aromatic carbocycles. The fourth-order valence-corrected chi connectivity index (χ4v) is 1.96. The van der Waals surface area contributed by atoms with Gasteiger partial charge >= 0.3 is 0 Å². The van der Waals surface area contributed by atoms with Crippen LogP contribution in [-0.4, -0.2) is 13.6 Å². The number of fused-ring (bicyclic) bond motifs is 1. The molecule has 2 heteroatoms. The van der Waals surface area contributed by atoms with E-state index in [-0.39, 0.29) is 0 Å². The number of nitrogens with one attached hydrogen (secondary N) is 2. The Morgan fingerprint density at radius 1 is 1.50 bits per heavy atom. The van der Waals surface area contributed by atoms with Crippen molar-refractivity contribution in [2.75, 3.05) is 18.9 Å². The number of hydrogen-bond acceptors (Lipinski definition) is 2. The fourth-order valence-electron chi connectivity index (χ4n) is 1.96. The molecule has 1 aliphatic heterocycles. The van der Waals surface area contributed by atoms with E-state index in [0.717, 1.165) is 6.54 Å². The molecule has 2 unspecified atom stereocenters. The van der Waals surface area contributed by atoms with Gasteiger partial charge < -0.3 is 10.6 Å². The first kappa shape index (κ1) is 9.53. The molecular weight excluding hydrogens is 172 g/mol. The van der Waals surface area contributed by atoms with Crippen LogP contribution in [0.25, 0.3) is 0 Å². The highest BCUT2D eigenvalue weighted by molar-refractivity contribution is 5.58. The van der Waals surface area contributed by atoms with Crippen molar-refractivity contribution >= 4 is 5.69 Å². The van der Waals surface area contributed by atoms with E-state index in [1.165, 1.54) is 16.8 Å². The van der Waals surface area contributed by atoms with Gasteiger partial charge in [-0.15, -0.1) is 0 Å². The molecule has 0 fully saturated rings. The van der Waals surface area contributed by atoms with E-state index in [0.29, 0.717) is 12.0 Å². The molecule has 2 nitrogen and oxygen atoms in total. The van der Waals surface area contributed by atoms with Crippen LogP contribution in [0.1, 0.15) is 36.9 Å². The van der Waals surface area contributed by atoms with Crippen molar-refractivity contribution in [1.82, 2.24) is 5.32 Å². The zero-order valence-electron chi connectivity index (χ0n) is 9.09. The maximum absolute atomic E-state index is 3.41. The van der Waals surface area contributed by atoms with Crippen LogP contribution < -0.4 is 10.6 Å².